The Morgan fingerprint density at radius 1 is 0.684 bits per heavy atom. The Kier molecular flexibility index (Phi) is 1.91. The van der Waals surface area contributed by atoms with E-state index >= 15 is 0 Å². The fraction of sp³-hybridized carbons (Fsp3) is 1.00. The molecule has 19 heavy (non-hydrogen) atoms. The van der Waals surface area contributed by atoms with Gasteiger partial charge in [-0.05, 0) is 85.5 Å². The first-order chi connectivity index (χ1) is 9.43. The molecule has 2 bridgehead atoms. The quantitative estimate of drug-likeness (QED) is 0.818. The van der Waals surface area contributed by atoms with Crippen LogP contribution < -0.4 is 5.32 Å². The minimum atomic E-state index is 0.976. The van der Waals surface area contributed by atoms with Crippen molar-refractivity contribution in [2.24, 2.45) is 53.3 Å². The molecule has 0 amide bonds. The standard InChI is InChI=1S/C18H27N/c1-2-4-9(5-3-1)8-19-18-15-11-7-12-14-10(11)6-13(15)16(14)17(12)18/h9-19H,1-8H2/t10-,11-,12+,13+,14+,15-,16-,17-,18-/m0/s1. The van der Waals surface area contributed by atoms with Crippen molar-refractivity contribution in [2.45, 2.75) is 51.0 Å². The third-order valence-corrected chi connectivity index (χ3v) is 8.69. The lowest BCUT2D eigenvalue weighted by molar-refractivity contribution is 0.00876. The molecule has 0 spiro atoms. The Labute approximate surface area is 116 Å². The predicted molar refractivity (Wildman–Crippen MR) is 75.5 cm³/mol. The molecule has 6 aliphatic rings. The van der Waals surface area contributed by atoms with Crippen LogP contribution in [0.5, 0.6) is 0 Å². The minimum Gasteiger partial charge on any atom is -0.313 e. The molecular weight excluding hydrogens is 230 g/mol. The van der Waals surface area contributed by atoms with Crippen molar-refractivity contribution >= 4 is 0 Å². The molecule has 0 radical (unpaired) electrons. The summed E-state index contributed by atoms with van der Waals surface area (Å²) in [5, 5.41) is 4.13. The summed E-state index contributed by atoms with van der Waals surface area (Å²) < 4.78 is 0. The molecule has 0 aromatic heterocycles. The molecule has 104 valence electrons. The van der Waals surface area contributed by atoms with Gasteiger partial charge in [-0.2, -0.15) is 0 Å². The lowest BCUT2D eigenvalue weighted by Crippen LogP contribution is -2.52. The predicted octanol–water partition coefficient (Wildman–Crippen LogP) is 3.30. The SMILES string of the molecule is C1CCC(CN[C@H]2[C@@H]3[C@H]4C[C@H]5[C@@H]3C[C@@H]3[C@@H]5[C@H]4[C@H]32)CC1. The lowest BCUT2D eigenvalue weighted by atomic mass is 9.59. The van der Waals surface area contributed by atoms with Gasteiger partial charge in [0.2, 0.25) is 0 Å². The third-order valence-electron chi connectivity index (χ3n) is 8.69. The number of nitrogens with one attached hydrogen (secondary N) is 1. The van der Waals surface area contributed by atoms with Crippen molar-refractivity contribution in [3.63, 3.8) is 0 Å². The van der Waals surface area contributed by atoms with Crippen molar-refractivity contribution in [3.05, 3.63) is 0 Å². The van der Waals surface area contributed by atoms with E-state index in [2.05, 4.69) is 5.32 Å². The largest absolute Gasteiger partial charge is 0.313 e. The average molecular weight is 257 g/mol. The molecule has 0 heterocycles. The molecule has 1 heteroatoms. The summed E-state index contributed by atoms with van der Waals surface area (Å²) in [4.78, 5) is 0. The fourth-order valence-corrected chi connectivity index (χ4v) is 8.44. The van der Waals surface area contributed by atoms with Gasteiger partial charge >= 0.3 is 0 Å². The van der Waals surface area contributed by atoms with E-state index in [-0.39, 0.29) is 0 Å². The van der Waals surface area contributed by atoms with Crippen LogP contribution in [-0.2, 0) is 0 Å². The first-order valence-electron chi connectivity index (χ1n) is 9.17. The van der Waals surface area contributed by atoms with Gasteiger partial charge in [0.05, 0.1) is 0 Å². The van der Waals surface area contributed by atoms with E-state index in [4.69, 9.17) is 0 Å². The van der Waals surface area contributed by atoms with Gasteiger partial charge in [0.15, 0.2) is 0 Å². The lowest BCUT2D eigenvalue weighted by Gasteiger charge is -2.48. The molecule has 0 aromatic rings. The van der Waals surface area contributed by atoms with Gasteiger partial charge in [0, 0.05) is 6.04 Å². The normalized spacial score (nSPS) is 64.1. The molecule has 6 saturated carbocycles. The highest BCUT2D eigenvalue weighted by Gasteiger charge is 2.80. The monoisotopic (exact) mass is 257 g/mol. The molecule has 6 fully saturated rings. The summed E-state index contributed by atoms with van der Waals surface area (Å²) in [5.74, 6) is 10.5. The Hall–Kier alpha value is -0.0400. The van der Waals surface area contributed by atoms with Gasteiger partial charge in [-0.1, -0.05) is 19.3 Å². The van der Waals surface area contributed by atoms with Gasteiger partial charge in [0.1, 0.15) is 0 Å². The van der Waals surface area contributed by atoms with Crippen molar-refractivity contribution in [1.82, 2.24) is 5.32 Å². The highest BCUT2D eigenvalue weighted by Crippen LogP contribution is 2.82. The van der Waals surface area contributed by atoms with Crippen LogP contribution in [0.15, 0.2) is 0 Å². The number of hydrogen-bond acceptors (Lipinski definition) is 1. The second kappa shape index (κ2) is 3.40. The van der Waals surface area contributed by atoms with Crippen molar-refractivity contribution in [3.8, 4) is 0 Å². The smallest absolute Gasteiger partial charge is 0.0135 e. The van der Waals surface area contributed by atoms with E-state index < -0.39 is 0 Å². The molecule has 6 aliphatic carbocycles. The van der Waals surface area contributed by atoms with Crippen LogP contribution in [0.2, 0.25) is 0 Å². The van der Waals surface area contributed by atoms with Crippen LogP contribution in [0, 0.1) is 53.3 Å². The number of rotatable bonds is 3. The van der Waals surface area contributed by atoms with E-state index in [0.29, 0.717) is 0 Å². The van der Waals surface area contributed by atoms with Crippen LogP contribution in [0.25, 0.3) is 0 Å². The first kappa shape index (κ1) is 10.7. The van der Waals surface area contributed by atoms with E-state index in [1.54, 1.807) is 12.8 Å². The first-order valence-corrected chi connectivity index (χ1v) is 9.17. The van der Waals surface area contributed by atoms with Crippen molar-refractivity contribution in [1.29, 1.82) is 0 Å². The topological polar surface area (TPSA) is 12.0 Å². The van der Waals surface area contributed by atoms with E-state index in [0.717, 1.165) is 23.8 Å². The summed E-state index contributed by atoms with van der Waals surface area (Å²) >= 11 is 0. The molecule has 1 nitrogen and oxygen atoms in total. The number of hydrogen-bond donors (Lipinski definition) is 1. The molecule has 0 aromatic carbocycles. The maximum atomic E-state index is 4.13. The van der Waals surface area contributed by atoms with Gasteiger partial charge in [0.25, 0.3) is 0 Å². The highest BCUT2D eigenvalue weighted by atomic mass is 15.0. The summed E-state index contributed by atoms with van der Waals surface area (Å²) in [7, 11) is 0. The van der Waals surface area contributed by atoms with Gasteiger partial charge in [-0.15, -0.1) is 0 Å². The average Bonchev–Trinajstić information content (AvgIpc) is 2.96. The maximum Gasteiger partial charge on any atom is 0.0135 e. The third kappa shape index (κ3) is 1.08. The summed E-state index contributed by atoms with van der Waals surface area (Å²) in [6, 6.07) is 0.976. The van der Waals surface area contributed by atoms with E-state index in [1.807, 2.05) is 0 Å². The Bertz CT molecular complexity index is 406. The zero-order chi connectivity index (χ0) is 12.1. The van der Waals surface area contributed by atoms with Crippen LogP contribution in [0.1, 0.15) is 44.9 Å². The Morgan fingerprint density at radius 3 is 2.26 bits per heavy atom. The van der Waals surface area contributed by atoms with Crippen molar-refractivity contribution < 1.29 is 0 Å². The molecular formula is C18H27N. The second-order valence-electron chi connectivity index (χ2n) is 8.87. The van der Waals surface area contributed by atoms with Gasteiger partial charge in [-0.3, -0.25) is 0 Å². The van der Waals surface area contributed by atoms with Gasteiger partial charge in [-0.25, -0.2) is 0 Å². The van der Waals surface area contributed by atoms with Crippen LogP contribution in [0.3, 0.4) is 0 Å². The molecule has 6 rings (SSSR count). The highest BCUT2D eigenvalue weighted by molar-refractivity contribution is 5.29. The molecule has 0 saturated heterocycles. The number of fused-ring (bicyclic) bond motifs is 2. The zero-order valence-corrected chi connectivity index (χ0v) is 11.9. The van der Waals surface area contributed by atoms with Crippen LogP contribution >= 0.6 is 0 Å². The van der Waals surface area contributed by atoms with Crippen molar-refractivity contribution in [2.75, 3.05) is 6.54 Å². The maximum absolute atomic E-state index is 4.13. The zero-order valence-electron chi connectivity index (χ0n) is 11.9. The van der Waals surface area contributed by atoms with Gasteiger partial charge < -0.3 is 5.32 Å². The fourth-order valence-electron chi connectivity index (χ4n) is 8.44. The Morgan fingerprint density at radius 2 is 1.42 bits per heavy atom. The molecule has 9 atom stereocenters. The molecule has 1 N–H and O–H groups in total. The molecule has 0 aliphatic heterocycles. The summed E-state index contributed by atoms with van der Waals surface area (Å²) in [6.07, 6.45) is 10.8. The minimum absolute atomic E-state index is 0.976. The second-order valence-corrected chi connectivity index (χ2v) is 8.87. The molecule has 0 unspecified atom stereocenters. The summed E-state index contributed by atoms with van der Waals surface area (Å²) in [6.45, 7) is 1.37. The van der Waals surface area contributed by atoms with Crippen LogP contribution in [0.4, 0.5) is 0 Å². The van der Waals surface area contributed by atoms with E-state index in [1.165, 1.54) is 74.2 Å². The van der Waals surface area contributed by atoms with E-state index in [9.17, 15) is 0 Å². The Balaban J connectivity index is 1.21. The summed E-state index contributed by atoms with van der Waals surface area (Å²) in [5.41, 5.74) is 0. The van der Waals surface area contributed by atoms with Crippen LogP contribution in [-0.4, -0.2) is 12.6 Å².